The van der Waals surface area contributed by atoms with E-state index < -0.39 is 12.1 Å². The largest absolute Gasteiger partial charge is 0.466 e. The molecule has 0 aromatic heterocycles. The molecule has 404 valence electrons. The van der Waals surface area contributed by atoms with Gasteiger partial charge < -0.3 is 20.3 Å². The van der Waals surface area contributed by atoms with Crippen LogP contribution in [0.2, 0.25) is 0 Å². The van der Waals surface area contributed by atoms with Gasteiger partial charge in [0.05, 0.1) is 25.4 Å². The molecule has 1 amide bonds. The molecule has 0 aliphatic rings. The fraction of sp³-hybridized carbons (Fsp3) is 0.935. The average molecular weight is 961 g/mol. The van der Waals surface area contributed by atoms with Gasteiger partial charge in [-0.15, -0.1) is 0 Å². The van der Waals surface area contributed by atoms with Crippen molar-refractivity contribution in [2.75, 3.05) is 13.2 Å². The summed E-state index contributed by atoms with van der Waals surface area (Å²) in [6.45, 7) is 4.97. The maximum absolute atomic E-state index is 12.5. The maximum atomic E-state index is 12.5. The van der Waals surface area contributed by atoms with Gasteiger partial charge in [0.15, 0.2) is 0 Å². The monoisotopic (exact) mass is 960 g/mol. The summed E-state index contributed by atoms with van der Waals surface area (Å²) in [5, 5.41) is 23.3. The van der Waals surface area contributed by atoms with Gasteiger partial charge in [-0.1, -0.05) is 296 Å². The van der Waals surface area contributed by atoms with Crippen LogP contribution in [-0.4, -0.2) is 47.4 Å². The standard InChI is InChI=1S/C62H121NO5/c1-3-5-7-9-11-13-15-16-17-25-28-31-35-38-42-46-50-54-60(65)59(58-64)63-61(66)55-51-47-43-39-36-32-29-26-23-21-19-18-20-22-24-27-30-33-37-41-45-49-53-57-68-62(67)56-52-48-44-40-34-14-12-10-8-6-4-2/h21,23,59-60,64-65H,3-20,22,24-58H2,1-2H3,(H,63,66)/b23-21-. The fourth-order valence-electron chi connectivity index (χ4n) is 9.81. The number of aliphatic hydroxyl groups is 2. The number of esters is 1. The highest BCUT2D eigenvalue weighted by Crippen LogP contribution is 2.18. The lowest BCUT2D eigenvalue weighted by Crippen LogP contribution is -2.45. The van der Waals surface area contributed by atoms with E-state index in [0.717, 1.165) is 38.5 Å². The smallest absolute Gasteiger partial charge is 0.305 e. The first-order valence-electron chi connectivity index (χ1n) is 30.9. The van der Waals surface area contributed by atoms with Crippen molar-refractivity contribution in [3.8, 4) is 0 Å². The number of aliphatic hydroxyl groups excluding tert-OH is 2. The van der Waals surface area contributed by atoms with Crippen molar-refractivity contribution in [1.82, 2.24) is 5.32 Å². The maximum Gasteiger partial charge on any atom is 0.305 e. The molecule has 0 saturated carbocycles. The van der Waals surface area contributed by atoms with Gasteiger partial charge >= 0.3 is 5.97 Å². The van der Waals surface area contributed by atoms with Crippen LogP contribution in [0.1, 0.15) is 348 Å². The summed E-state index contributed by atoms with van der Waals surface area (Å²) in [7, 11) is 0. The van der Waals surface area contributed by atoms with E-state index in [1.54, 1.807) is 0 Å². The molecule has 0 saturated heterocycles. The Morgan fingerprint density at radius 1 is 0.397 bits per heavy atom. The molecule has 0 aliphatic carbocycles. The van der Waals surface area contributed by atoms with E-state index in [1.807, 2.05) is 0 Å². The number of rotatable bonds is 58. The summed E-state index contributed by atoms with van der Waals surface area (Å²) in [6.07, 6.45) is 69.3. The van der Waals surface area contributed by atoms with Gasteiger partial charge in [-0.25, -0.2) is 0 Å². The van der Waals surface area contributed by atoms with Crippen LogP contribution in [-0.2, 0) is 14.3 Å². The second-order valence-corrected chi connectivity index (χ2v) is 21.4. The first-order chi connectivity index (χ1) is 33.5. The number of carbonyl (C=O) groups is 2. The Labute approximate surface area is 425 Å². The van der Waals surface area contributed by atoms with Gasteiger partial charge in [0, 0.05) is 12.8 Å². The third kappa shape index (κ3) is 53.9. The zero-order chi connectivity index (χ0) is 49.3. The van der Waals surface area contributed by atoms with Crippen molar-refractivity contribution in [3.63, 3.8) is 0 Å². The van der Waals surface area contributed by atoms with Crippen LogP contribution in [0, 0.1) is 0 Å². The molecular formula is C62H121NO5. The van der Waals surface area contributed by atoms with Crippen LogP contribution < -0.4 is 5.32 Å². The van der Waals surface area contributed by atoms with E-state index in [4.69, 9.17) is 4.74 Å². The molecule has 0 fully saturated rings. The Morgan fingerprint density at radius 2 is 0.691 bits per heavy atom. The SMILES string of the molecule is CCCCCCCCCCCCCCCCCCCC(O)C(CO)NC(=O)CCCCCCCCC/C=C\CCCCCCCCCCCCCCOC(=O)CCCCCCCCCCCCC. The summed E-state index contributed by atoms with van der Waals surface area (Å²) in [5.41, 5.74) is 0. The second kappa shape index (κ2) is 58.2. The van der Waals surface area contributed by atoms with Crippen molar-refractivity contribution < 1.29 is 24.5 Å². The van der Waals surface area contributed by atoms with Gasteiger partial charge in [-0.05, 0) is 51.4 Å². The number of carbonyl (C=O) groups excluding carboxylic acids is 2. The first kappa shape index (κ1) is 66.6. The molecule has 0 aromatic rings. The Balaban J connectivity index is 3.41. The Morgan fingerprint density at radius 3 is 1.04 bits per heavy atom. The van der Waals surface area contributed by atoms with Crippen molar-refractivity contribution in [2.45, 2.75) is 360 Å². The highest BCUT2D eigenvalue weighted by Gasteiger charge is 2.20. The van der Waals surface area contributed by atoms with E-state index in [0.29, 0.717) is 25.9 Å². The zero-order valence-electron chi connectivity index (χ0n) is 46.1. The Kier molecular flexibility index (Phi) is 57.0. The van der Waals surface area contributed by atoms with Crippen LogP contribution >= 0.6 is 0 Å². The van der Waals surface area contributed by atoms with Crippen LogP contribution in [0.25, 0.3) is 0 Å². The second-order valence-electron chi connectivity index (χ2n) is 21.4. The molecule has 0 aliphatic heterocycles. The molecular weight excluding hydrogens is 839 g/mol. The average Bonchev–Trinajstić information content (AvgIpc) is 3.34. The van der Waals surface area contributed by atoms with Crippen molar-refractivity contribution in [2.24, 2.45) is 0 Å². The summed E-state index contributed by atoms with van der Waals surface area (Å²) in [4.78, 5) is 24.5. The summed E-state index contributed by atoms with van der Waals surface area (Å²) in [6, 6.07) is -0.545. The number of amides is 1. The van der Waals surface area contributed by atoms with E-state index >= 15 is 0 Å². The molecule has 0 spiro atoms. The highest BCUT2D eigenvalue weighted by molar-refractivity contribution is 5.76. The zero-order valence-corrected chi connectivity index (χ0v) is 46.1. The van der Waals surface area contributed by atoms with Gasteiger partial charge in [-0.3, -0.25) is 9.59 Å². The molecule has 6 nitrogen and oxygen atoms in total. The number of hydrogen-bond donors (Lipinski definition) is 3. The first-order valence-corrected chi connectivity index (χ1v) is 30.9. The summed E-state index contributed by atoms with van der Waals surface area (Å²) < 4.78 is 5.47. The quantitative estimate of drug-likeness (QED) is 0.0321. The molecule has 3 N–H and O–H groups in total. The fourth-order valence-corrected chi connectivity index (χ4v) is 9.81. The Hall–Kier alpha value is -1.40. The van der Waals surface area contributed by atoms with Crippen LogP contribution in [0.4, 0.5) is 0 Å². The minimum absolute atomic E-state index is 0.0118. The van der Waals surface area contributed by atoms with E-state index in [-0.39, 0.29) is 18.5 Å². The van der Waals surface area contributed by atoms with Gasteiger partial charge in [-0.2, -0.15) is 0 Å². The molecule has 6 heteroatoms. The molecule has 2 atom stereocenters. The number of ether oxygens (including phenoxy) is 1. The van der Waals surface area contributed by atoms with Gasteiger partial charge in [0.2, 0.25) is 5.91 Å². The highest BCUT2D eigenvalue weighted by atomic mass is 16.5. The predicted molar refractivity (Wildman–Crippen MR) is 297 cm³/mol. The molecule has 0 radical (unpaired) electrons. The number of nitrogens with one attached hydrogen (secondary N) is 1. The molecule has 0 bridgehead atoms. The van der Waals surface area contributed by atoms with Crippen molar-refractivity contribution in [3.05, 3.63) is 12.2 Å². The summed E-state index contributed by atoms with van der Waals surface area (Å²) in [5.74, 6) is -0.0264. The summed E-state index contributed by atoms with van der Waals surface area (Å²) >= 11 is 0. The molecule has 68 heavy (non-hydrogen) atoms. The van der Waals surface area contributed by atoms with Crippen LogP contribution in [0.5, 0.6) is 0 Å². The third-order valence-electron chi connectivity index (χ3n) is 14.6. The lowest BCUT2D eigenvalue weighted by Gasteiger charge is -2.22. The third-order valence-corrected chi connectivity index (χ3v) is 14.6. The topological polar surface area (TPSA) is 95.9 Å². The minimum Gasteiger partial charge on any atom is -0.466 e. The molecule has 0 rings (SSSR count). The lowest BCUT2D eigenvalue weighted by molar-refractivity contribution is -0.143. The van der Waals surface area contributed by atoms with Gasteiger partial charge in [0.25, 0.3) is 0 Å². The predicted octanol–water partition coefficient (Wildman–Crippen LogP) is 19.2. The minimum atomic E-state index is -0.667. The van der Waals surface area contributed by atoms with E-state index in [2.05, 4.69) is 31.3 Å². The van der Waals surface area contributed by atoms with Crippen molar-refractivity contribution >= 4 is 11.9 Å². The van der Waals surface area contributed by atoms with E-state index in [9.17, 15) is 19.8 Å². The number of hydrogen-bond acceptors (Lipinski definition) is 5. The van der Waals surface area contributed by atoms with E-state index in [1.165, 1.54) is 276 Å². The molecule has 0 aromatic carbocycles. The van der Waals surface area contributed by atoms with Gasteiger partial charge in [0.1, 0.15) is 0 Å². The number of unbranched alkanes of at least 4 members (excludes halogenated alkanes) is 45. The van der Waals surface area contributed by atoms with Crippen LogP contribution in [0.15, 0.2) is 12.2 Å². The molecule has 2 unspecified atom stereocenters. The van der Waals surface area contributed by atoms with Crippen LogP contribution in [0.3, 0.4) is 0 Å². The number of allylic oxidation sites excluding steroid dienone is 2. The van der Waals surface area contributed by atoms with Crippen molar-refractivity contribution in [1.29, 1.82) is 0 Å². The normalized spacial score (nSPS) is 12.6. The molecule has 0 heterocycles. The lowest BCUT2D eigenvalue weighted by atomic mass is 10.0. The Bertz CT molecular complexity index is 1020.